The Balaban J connectivity index is 1.96. The highest BCUT2D eigenvalue weighted by molar-refractivity contribution is 5.92. The number of carbonyl (C=O) groups excluding carboxylic acids is 2. The van der Waals surface area contributed by atoms with Gasteiger partial charge in [0.1, 0.15) is 5.69 Å². The number of carbonyl (C=O) groups is 2. The molecule has 0 saturated carbocycles. The molecular weight excluding hydrogens is 218 g/mol. The van der Waals surface area contributed by atoms with Crippen LogP contribution in [0, 0.1) is 0 Å². The van der Waals surface area contributed by atoms with Gasteiger partial charge in [-0.15, -0.1) is 0 Å². The minimum Gasteiger partial charge on any atom is -0.356 e. The zero-order valence-corrected chi connectivity index (χ0v) is 9.48. The van der Waals surface area contributed by atoms with E-state index in [1.54, 1.807) is 24.4 Å². The van der Waals surface area contributed by atoms with Crippen LogP contribution in [0.2, 0.25) is 0 Å². The fraction of sp³-hybridized carbons (Fsp3) is 0.417. The van der Waals surface area contributed by atoms with Gasteiger partial charge in [-0.2, -0.15) is 0 Å². The van der Waals surface area contributed by atoms with Crippen molar-refractivity contribution >= 4 is 11.8 Å². The van der Waals surface area contributed by atoms with Crippen molar-refractivity contribution in [2.24, 2.45) is 0 Å². The predicted octanol–water partition coefficient (Wildman–Crippen LogP) is 0.480. The van der Waals surface area contributed by atoms with Gasteiger partial charge in [0.15, 0.2) is 0 Å². The molecule has 0 radical (unpaired) electrons. The topological polar surface area (TPSA) is 71.1 Å². The van der Waals surface area contributed by atoms with E-state index < -0.39 is 0 Å². The first-order valence-corrected chi connectivity index (χ1v) is 5.74. The van der Waals surface area contributed by atoms with E-state index in [-0.39, 0.29) is 17.9 Å². The monoisotopic (exact) mass is 233 g/mol. The first-order chi connectivity index (χ1) is 8.25. The Morgan fingerprint density at radius 1 is 1.47 bits per heavy atom. The van der Waals surface area contributed by atoms with Crippen LogP contribution in [-0.2, 0) is 4.79 Å². The van der Waals surface area contributed by atoms with Gasteiger partial charge < -0.3 is 10.6 Å². The smallest absolute Gasteiger partial charge is 0.270 e. The maximum atomic E-state index is 11.8. The molecule has 2 heterocycles. The van der Waals surface area contributed by atoms with Crippen molar-refractivity contribution in [2.75, 3.05) is 6.54 Å². The highest BCUT2D eigenvalue weighted by Gasteiger charge is 2.19. The van der Waals surface area contributed by atoms with Crippen molar-refractivity contribution in [3.63, 3.8) is 0 Å². The second-order valence-corrected chi connectivity index (χ2v) is 4.08. The average molecular weight is 233 g/mol. The minimum absolute atomic E-state index is 0.00572. The van der Waals surface area contributed by atoms with Crippen LogP contribution in [0.5, 0.6) is 0 Å². The lowest BCUT2D eigenvalue weighted by Crippen LogP contribution is -2.37. The van der Waals surface area contributed by atoms with Gasteiger partial charge in [-0.25, -0.2) is 0 Å². The molecule has 0 bridgehead atoms. The van der Waals surface area contributed by atoms with Crippen LogP contribution in [0.3, 0.4) is 0 Å². The Bertz CT molecular complexity index is 405. The van der Waals surface area contributed by atoms with E-state index in [1.807, 2.05) is 0 Å². The van der Waals surface area contributed by atoms with Gasteiger partial charge in [-0.3, -0.25) is 14.6 Å². The number of nitrogens with zero attached hydrogens (tertiary/aromatic N) is 1. The predicted molar refractivity (Wildman–Crippen MR) is 62.4 cm³/mol. The van der Waals surface area contributed by atoms with Crippen molar-refractivity contribution in [1.82, 2.24) is 15.6 Å². The second-order valence-electron chi connectivity index (χ2n) is 4.08. The van der Waals surface area contributed by atoms with E-state index in [4.69, 9.17) is 0 Å². The number of nitrogens with one attached hydrogen (secondary N) is 2. The molecule has 0 spiro atoms. The van der Waals surface area contributed by atoms with E-state index >= 15 is 0 Å². The first-order valence-electron chi connectivity index (χ1n) is 5.74. The lowest BCUT2D eigenvalue weighted by Gasteiger charge is -2.14. The summed E-state index contributed by atoms with van der Waals surface area (Å²) in [7, 11) is 0. The van der Waals surface area contributed by atoms with Crippen molar-refractivity contribution in [2.45, 2.75) is 25.3 Å². The van der Waals surface area contributed by atoms with Gasteiger partial charge in [0.2, 0.25) is 5.91 Å². The van der Waals surface area contributed by atoms with Crippen LogP contribution in [0.1, 0.15) is 29.8 Å². The standard InChI is InChI=1S/C12H15N3O2/c16-11-8-9(4-3-7-14-11)15-12(17)10-5-1-2-6-13-10/h1-2,5-6,9H,3-4,7-8H2,(H,14,16)(H,15,17). The van der Waals surface area contributed by atoms with E-state index in [0.29, 0.717) is 18.7 Å². The Labute approximate surface area is 99.6 Å². The van der Waals surface area contributed by atoms with E-state index in [2.05, 4.69) is 15.6 Å². The van der Waals surface area contributed by atoms with Gasteiger partial charge >= 0.3 is 0 Å². The van der Waals surface area contributed by atoms with Gasteiger partial charge in [-0.1, -0.05) is 6.07 Å². The van der Waals surface area contributed by atoms with Crippen LogP contribution in [0.4, 0.5) is 0 Å². The second kappa shape index (κ2) is 5.43. The maximum absolute atomic E-state index is 11.8. The molecule has 2 amide bonds. The normalized spacial score (nSPS) is 20.2. The third kappa shape index (κ3) is 3.27. The summed E-state index contributed by atoms with van der Waals surface area (Å²) in [6.07, 6.45) is 3.63. The van der Waals surface area contributed by atoms with E-state index in [9.17, 15) is 9.59 Å². The zero-order chi connectivity index (χ0) is 12.1. The summed E-state index contributed by atoms with van der Waals surface area (Å²) in [5.74, 6) is -0.223. The minimum atomic E-state index is -0.217. The van der Waals surface area contributed by atoms with E-state index in [0.717, 1.165) is 12.8 Å². The summed E-state index contributed by atoms with van der Waals surface area (Å²) in [5.41, 5.74) is 0.386. The fourth-order valence-electron chi connectivity index (χ4n) is 1.85. The quantitative estimate of drug-likeness (QED) is 0.780. The molecule has 2 rings (SSSR count). The summed E-state index contributed by atoms with van der Waals surface area (Å²) < 4.78 is 0. The Hall–Kier alpha value is -1.91. The van der Waals surface area contributed by atoms with Gasteiger partial charge in [-0.05, 0) is 25.0 Å². The third-order valence-corrected chi connectivity index (χ3v) is 2.72. The lowest BCUT2D eigenvalue weighted by molar-refractivity contribution is -0.121. The zero-order valence-electron chi connectivity index (χ0n) is 9.48. The molecule has 1 aliphatic rings. The number of rotatable bonds is 2. The molecule has 1 aromatic heterocycles. The highest BCUT2D eigenvalue weighted by Crippen LogP contribution is 2.07. The molecule has 2 N–H and O–H groups in total. The molecule has 1 aliphatic heterocycles. The molecule has 17 heavy (non-hydrogen) atoms. The SMILES string of the molecule is O=C1CC(NC(=O)c2ccccn2)CCCN1. The highest BCUT2D eigenvalue weighted by atomic mass is 16.2. The number of hydrogen-bond donors (Lipinski definition) is 2. The third-order valence-electron chi connectivity index (χ3n) is 2.72. The van der Waals surface area contributed by atoms with Crippen LogP contribution >= 0.6 is 0 Å². The Morgan fingerprint density at radius 2 is 2.35 bits per heavy atom. The molecule has 5 nitrogen and oxygen atoms in total. The van der Waals surface area contributed by atoms with Crippen molar-refractivity contribution in [3.8, 4) is 0 Å². The van der Waals surface area contributed by atoms with Gasteiger partial charge in [0.25, 0.3) is 5.91 Å². The van der Waals surface area contributed by atoms with Gasteiger partial charge in [0.05, 0.1) is 0 Å². The summed E-state index contributed by atoms with van der Waals surface area (Å²) >= 11 is 0. The fourth-order valence-corrected chi connectivity index (χ4v) is 1.85. The molecule has 0 aliphatic carbocycles. The van der Waals surface area contributed by atoms with Crippen LogP contribution in [0.25, 0.3) is 0 Å². The number of aromatic nitrogens is 1. The number of pyridine rings is 1. The van der Waals surface area contributed by atoms with Gasteiger partial charge in [0, 0.05) is 25.2 Å². The molecule has 1 unspecified atom stereocenters. The van der Waals surface area contributed by atoms with Crippen molar-refractivity contribution < 1.29 is 9.59 Å². The van der Waals surface area contributed by atoms with Crippen LogP contribution in [0.15, 0.2) is 24.4 Å². The summed E-state index contributed by atoms with van der Waals surface area (Å²) in [5, 5.41) is 5.62. The van der Waals surface area contributed by atoms with Crippen LogP contribution in [-0.4, -0.2) is 29.4 Å². The number of amides is 2. The van der Waals surface area contributed by atoms with Crippen LogP contribution < -0.4 is 10.6 Å². The van der Waals surface area contributed by atoms with Crippen molar-refractivity contribution in [3.05, 3.63) is 30.1 Å². The average Bonchev–Trinajstić information content (AvgIpc) is 2.55. The molecule has 90 valence electrons. The summed E-state index contributed by atoms with van der Waals surface area (Å²) in [6, 6.07) is 5.09. The molecule has 5 heteroatoms. The summed E-state index contributed by atoms with van der Waals surface area (Å²) in [6.45, 7) is 0.689. The molecule has 1 saturated heterocycles. The van der Waals surface area contributed by atoms with E-state index in [1.165, 1.54) is 0 Å². The Kier molecular flexibility index (Phi) is 3.69. The molecule has 1 fully saturated rings. The molecular formula is C12H15N3O2. The number of hydrogen-bond acceptors (Lipinski definition) is 3. The Morgan fingerprint density at radius 3 is 3.12 bits per heavy atom. The molecule has 0 aromatic carbocycles. The lowest BCUT2D eigenvalue weighted by atomic mass is 10.1. The maximum Gasteiger partial charge on any atom is 0.270 e. The molecule has 1 atom stereocenters. The molecule has 1 aromatic rings. The largest absolute Gasteiger partial charge is 0.356 e. The first kappa shape index (κ1) is 11.6. The summed E-state index contributed by atoms with van der Waals surface area (Å²) in [4.78, 5) is 27.1. The van der Waals surface area contributed by atoms with Crippen molar-refractivity contribution in [1.29, 1.82) is 0 Å².